The van der Waals surface area contributed by atoms with Gasteiger partial charge in [-0.1, -0.05) is 31.9 Å². The van der Waals surface area contributed by atoms with E-state index in [0.717, 1.165) is 24.8 Å². The average molecular weight is 284 g/mol. The van der Waals surface area contributed by atoms with Gasteiger partial charge in [0.05, 0.1) is 4.90 Å². The van der Waals surface area contributed by atoms with Gasteiger partial charge in [0.1, 0.15) is 0 Å². The number of nitrogens with one attached hydrogen (secondary N) is 2. The van der Waals surface area contributed by atoms with Crippen LogP contribution in [0.3, 0.4) is 0 Å². The van der Waals surface area contributed by atoms with Crippen molar-refractivity contribution in [3.05, 3.63) is 29.8 Å². The van der Waals surface area contributed by atoms with E-state index in [1.807, 2.05) is 20.0 Å². The number of sulfonamides is 1. The summed E-state index contributed by atoms with van der Waals surface area (Å²) in [4.78, 5) is 0.337. The molecule has 1 aromatic carbocycles. The molecule has 0 aromatic heterocycles. The molecule has 0 saturated carbocycles. The summed E-state index contributed by atoms with van der Waals surface area (Å²) in [6.07, 6.45) is 3.00. The number of unbranched alkanes of at least 4 members (excludes halogenated alkanes) is 2. The van der Waals surface area contributed by atoms with Crippen molar-refractivity contribution in [3.8, 4) is 0 Å². The molecule has 2 N–H and O–H groups in total. The minimum absolute atomic E-state index is 0.134. The summed E-state index contributed by atoms with van der Waals surface area (Å²) in [6.45, 7) is 4.60. The van der Waals surface area contributed by atoms with Crippen molar-refractivity contribution in [3.63, 3.8) is 0 Å². The molecule has 4 nitrogen and oxygen atoms in total. The van der Waals surface area contributed by atoms with Gasteiger partial charge in [0.2, 0.25) is 10.0 Å². The summed E-state index contributed by atoms with van der Waals surface area (Å²) >= 11 is 0. The molecule has 1 unspecified atom stereocenters. The van der Waals surface area contributed by atoms with Crippen molar-refractivity contribution in [2.24, 2.45) is 0 Å². The predicted molar refractivity (Wildman–Crippen MR) is 78.6 cm³/mol. The molecule has 0 aliphatic heterocycles. The van der Waals surface area contributed by atoms with Gasteiger partial charge in [-0.05, 0) is 38.1 Å². The maximum Gasteiger partial charge on any atom is 0.240 e. The second kappa shape index (κ2) is 7.62. The second-order valence-electron chi connectivity index (χ2n) is 4.69. The maximum absolute atomic E-state index is 12.1. The van der Waals surface area contributed by atoms with E-state index in [9.17, 15) is 8.42 Å². The van der Waals surface area contributed by atoms with Crippen LogP contribution < -0.4 is 10.0 Å². The fraction of sp³-hybridized carbons (Fsp3) is 0.571. The highest BCUT2D eigenvalue weighted by Crippen LogP contribution is 2.17. The van der Waals surface area contributed by atoms with E-state index in [0.29, 0.717) is 11.4 Å². The normalized spacial score (nSPS) is 13.4. The molecule has 0 aliphatic carbocycles. The van der Waals surface area contributed by atoms with Crippen LogP contribution in [-0.2, 0) is 10.0 Å². The van der Waals surface area contributed by atoms with Crippen molar-refractivity contribution in [2.75, 3.05) is 13.6 Å². The molecule has 1 atom stereocenters. The first-order valence-corrected chi connectivity index (χ1v) is 8.26. The average Bonchev–Trinajstić information content (AvgIpc) is 2.43. The van der Waals surface area contributed by atoms with Gasteiger partial charge in [0.25, 0.3) is 0 Å². The van der Waals surface area contributed by atoms with Gasteiger partial charge in [0.15, 0.2) is 0 Å². The van der Waals surface area contributed by atoms with Gasteiger partial charge >= 0.3 is 0 Å². The third-order valence-corrected chi connectivity index (χ3v) is 4.63. The molecule has 5 heteroatoms. The molecule has 0 radical (unpaired) electrons. The smallest absolute Gasteiger partial charge is 0.240 e. The molecule has 0 amide bonds. The molecule has 0 bridgehead atoms. The number of hydrogen-bond acceptors (Lipinski definition) is 3. The van der Waals surface area contributed by atoms with E-state index >= 15 is 0 Å². The minimum Gasteiger partial charge on any atom is -0.313 e. The lowest BCUT2D eigenvalue weighted by Crippen LogP contribution is -2.25. The van der Waals surface area contributed by atoms with Gasteiger partial charge in [-0.15, -0.1) is 0 Å². The Balaban J connectivity index is 2.77. The first-order chi connectivity index (χ1) is 9.01. The van der Waals surface area contributed by atoms with Crippen LogP contribution in [0.4, 0.5) is 0 Å². The lowest BCUT2D eigenvalue weighted by molar-refractivity contribution is 0.575. The Hall–Kier alpha value is -0.910. The predicted octanol–water partition coefficient (Wildman–Crippen LogP) is 2.44. The van der Waals surface area contributed by atoms with Crippen LogP contribution in [-0.4, -0.2) is 22.0 Å². The van der Waals surface area contributed by atoms with Gasteiger partial charge in [-0.25, -0.2) is 13.1 Å². The summed E-state index contributed by atoms with van der Waals surface area (Å²) < 4.78 is 26.9. The first-order valence-electron chi connectivity index (χ1n) is 6.78. The Morgan fingerprint density at radius 2 is 2.00 bits per heavy atom. The van der Waals surface area contributed by atoms with Crippen LogP contribution in [0.25, 0.3) is 0 Å². The Bertz CT molecular complexity index is 486. The van der Waals surface area contributed by atoms with Gasteiger partial charge < -0.3 is 5.32 Å². The van der Waals surface area contributed by atoms with Crippen LogP contribution in [0, 0.1) is 0 Å². The molecule has 0 heterocycles. The van der Waals surface area contributed by atoms with Crippen molar-refractivity contribution in [2.45, 2.75) is 44.0 Å². The number of benzene rings is 1. The number of rotatable bonds is 8. The van der Waals surface area contributed by atoms with Crippen molar-refractivity contribution < 1.29 is 8.42 Å². The van der Waals surface area contributed by atoms with Crippen molar-refractivity contribution in [1.82, 2.24) is 10.0 Å². The Kier molecular flexibility index (Phi) is 6.48. The summed E-state index contributed by atoms with van der Waals surface area (Å²) in [7, 11) is -1.53. The molecule has 0 aliphatic rings. The van der Waals surface area contributed by atoms with Crippen LogP contribution in [0.15, 0.2) is 29.2 Å². The Morgan fingerprint density at radius 1 is 1.26 bits per heavy atom. The fourth-order valence-corrected chi connectivity index (χ4v) is 2.91. The quantitative estimate of drug-likeness (QED) is 0.721. The highest BCUT2D eigenvalue weighted by molar-refractivity contribution is 7.89. The van der Waals surface area contributed by atoms with Crippen LogP contribution in [0.2, 0.25) is 0 Å². The minimum atomic E-state index is -3.38. The highest BCUT2D eigenvalue weighted by Gasteiger charge is 2.14. The second-order valence-corrected chi connectivity index (χ2v) is 6.45. The van der Waals surface area contributed by atoms with Gasteiger partial charge in [-0.3, -0.25) is 0 Å². The van der Waals surface area contributed by atoms with Crippen molar-refractivity contribution >= 4 is 10.0 Å². The summed E-state index contributed by atoms with van der Waals surface area (Å²) in [6, 6.07) is 7.20. The molecular formula is C14H24N2O2S. The highest BCUT2D eigenvalue weighted by atomic mass is 32.2. The zero-order valence-corrected chi connectivity index (χ0v) is 12.8. The van der Waals surface area contributed by atoms with Crippen LogP contribution in [0.5, 0.6) is 0 Å². The SMILES string of the molecule is CCCCCNS(=O)(=O)c1cccc(C(C)NC)c1. The molecule has 19 heavy (non-hydrogen) atoms. The van der Waals surface area contributed by atoms with Gasteiger partial charge in [-0.2, -0.15) is 0 Å². The number of hydrogen-bond donors (Lipinski definition) is 2. The van der Waals surface area contributed by atoms with Crippen LogP contribution in [0.1, 0.15) is 44.7 Å². The largest absolute Gasteiger partial charge is 0.313 e. The van der Waals surface area contributed by atoms with E-state index in [1.165, 1.54) is 0 Å². The maximum atomic E-state index is 12.1. The Morgan fingerprint density at radius 3 is 2.63 bits per heavy atom. The van der Waals surface area contributed by atoms with E-state index in [2.05, 4.69) is 17.0 Å². The lowest BCUT2D eigenvalue weighted by Gasteiger charge is -2.12. The van der Waals surface area contributed by atoms with E-state index in [-0.39, 0.29) is 6.04 Å². The third-order valence-electron chi connectivity index (χ3n) is 3.17. The van der Waals surface area contributed by atoms with E-state index in [4.69, 9.17) is 0 Å². The Labute approximate surface area is 116 Å². The zero-order chi connectivity index (χ0) is 14.3. The summed E-state index contributed by atoms with van der Waals surface area (Å²) in [5.41, 5.74) is 0.971. The zero-order valence-electron chi connectivity index (χ0n) is 11.9. The molecule has 1 aromatic rings. The van der Waals surface area contributed by atoms with E-state index in [1.54, 1.807) is 18.2 Å². The lowest BCUT2D eigenvalue weighted by atomic mass is 10.1. The molecule has 108 valence electrons. The fourth-order valence-electron chi connectivity index (χ4n) is 1.78. The summed E-state index contributed by atoms with van der Waals surface area (Å²) in [5, 5.41) is 3.10. The molecular weight excluding hydrogens is 260 g/mol. The monoisotopic (exact) mass is 284 g/mol. The van der Waals surface area contributed by atoms with Crippen LogP contribution >= 0.6 is 0 Å². The first kappa shape index (κ1) is 16.1. The van der Waals surface area contributed by atoms with Gasteiger partial charge in [0, 0.05) is 12.6 Å². The molecule has 0 fully saturated rings. The summed E-state index contributed by atoms with van der Waals surface area (Å²) in [5.74, 6) is 0. The topological polar surface area (TPSA) is 58.2 Å². The van der Waals surface area contributed by atoms with E-state index < -0.39 is 10.0 Å². The standard InChI is InChI=1S/C14H24N2O2S/c1-4-5-6-10-16-19(17,18)14-9-7-8-13(11-14)12(2)15-3/h7-9,11-12,15-16H,4-6,10H2,1-3H3. The molecule has 0 saturated heterocycles. The molecule has 0 spiro atoms. The van der Waals surface area contributed by atoms with Crippen molar-refractivity contribution in [1.29, 1.82) is 0 Å². The molecule has 1 rings (SSSR count). The third kappa shape index (κ3) is 4.93.